The molecule has 0 fully saturated rings. The van der Waals surface area contributed by atoms with E-state index in [1.807, 2.05) is 30.3 Å². The first-order chi connectivity index (χ1) is 14.1. The number of fused-ring (bicyclic) bond motifs is 1. The largest absolute Gasteiger partial charge is 0.486 e. The highest BCUT2D eigenvalue weighted by atomic mass is 16.6. The number of carbonyl (C=O) groups excluding carboxylic acids is 2. The summed E-state index contributed by atoms with van der Waals surface area (Å²) in [6, 6.07) is 16.2. The number of nitrogens with zero attached hydrogens (tertiary/aromatic N) is 2. The van der Waals surface area contributed by atoms with Gasteiger partial charge >= 0.3 is 0 Å². The molecule has 2 aromatic carbocycles. The van der Waals surface area contributed by atoms with E-state index in [0.717, 1.165) is 5.56 Å². The fourth-order valence-corrected chi connectivity index (χ4v) is 2.98. The first-order valence-corrected chi connectivity index (χ1v) is 9.17. The van der Waals surface area contributed by atoms with E-state index in [0.29, 0.717) is 36.2 Å². The minimum Gasteiger partial charge on any atom is -0.486 e. The SMILES string of the molecule is Cn1nc(C(=O)Nc2ccc3c(c2)OCCO3)cc1NC(=O)Cc1ccccc1. The van der Waals surface area contributed by atoms with Crippen molar-refractivity contribution in [1.82, 2.24) is 9.78 Å². The summed E-state index contributed by atoms with van der Waals surface area (Å²) in [6.07, 6.45) is 0.241. The standard InChI is InChI=1S/C21H20N4O4/c1-25-19(23-20(26)11-14-5-3-2-4-6-14)13-16(24-25)21(27)22-15-7-8-17-18(12-15)29-10-9-28-17/h2-8,12-13H,9-11H2,1H3,(H,22,27)(H,23,26). The molecule has 0 atom stereocenters. The normalized spacial score (nSPS) is 12.3. The summed E-state index contributed by atoms with van der Waals surface area (Å²) < 4.78 is 12.5. The lowest BCUT2D eigenvalue weighted by molar-refractivity contribution is -0.115. The van der Waals surface area contributed by atoms with E-state index in [4.69, 9.17) is 9.47 Å². The molecule has 2 amide bonds. The average molecular weight is 392 g/mol. The van der Waals surface area contributed by atoms with Gasteiger partial charge in [-0.1, -0.05) is 30.3 Å². The molecule has 8 heteroatoms. The Balaban J connectivity index is 1.41. The molecular formula is C21H20N4O4. The molecule has 148 valence electrons. The number of hydrogen-bond donors (Lipinski definition) is 2. The zero-order valence-corrected chi connectivity index (χ0v) is 15.8. The van der Waals surface area contributed by atoms with Crippen molar-refractivity contribution >= 4 is 23.3 Å². The average Bonchev–Trinajstić information content (AvgIpc) is 3.09. The fourth-order valence-electron chi connectivity index (χ4n) is 2.98. The molecule has 1 aromatic heterocycles. The monoisotopic (exact) mass is 392 g/mol. The van der Waals surface area contributed by atoms with Gasteiger partial charge in [-0.05, 0) is 17.7 Å². The Bertz CT molecular complexity index is 1050. The van der Waals surface area contributed by atoms with Crippen molar-refractivity contribution in [3.63, 3.8) is 0 Å². The van der Waals surface area contributed by atoms with Gasteiger partial charge in [0.2, 0.25) is 5.91 Å². The number of ether oxygens (including phenoxy) is 2. The topological polar surface area (TPSA) is 94.5 Å². The number of amides is 2. The molecule has 0 aliphatic carbocycles. The number of rotatable bonds is 5. The van der Waals surface area contributed by atoms with E-state index in [2.05, 4.69) is 15.7 Å². The van der Waals surface area contributed by atoms with Crippen molar-refractivity contribution < 1.29 is 19.1 Å². The highest BCUT2D eigenvalue weighted by Crippen LogP contribution is 2.32. The second kappa shape index (κ2) is 8.05. The zero-order valence-electron chi connectivity index (χ0n) is 15.8. The number of anilines is 2. The molecule has 2 heterocycles. The lowest BCUT2D eigenvalue weighted by Crippen LogP contribution is -2.16. The van der Waals surface area contributed by atoms with Crippen LogP contribution >= 0.6 is 0 Å². The molecule has 0 saturated heterocycles. The van der Waals surface area contributed by atoms with E-state index >= 15 is 0 Å². The van der Waals surface area contributed by atoms with Crippen molar-refractivity contribution in [2.24, 2.45) is 7.05 Å². The summed E-state index contributed by atoms with van der Waals surface area (Å²) in [5, 5.41) is 9.75. The molecule has 1 aliphatic rings. The Morgan fingerprint density at radius 1 is 1.00 bits per heavy atom. The van der Waals surface area contributed by atoms with Crippen molar-refractivity contribution in [3.8, 4) is 11.5 Å². The fraction of sp³-hybridized carbons (Fsp3) is 0.190. The van der Waals surface area contributed by atoms with Gasteiger partial charge in [0.05, 0.1) is 6.42 Å². The van der Waals surface area contributed by atoms with Crippen molar-refractivity contribution in [2.75, 3.05) is 23.8 Å². The maximum atomic E-state index is 12.6. The van der Waals surface area contributed by atoms with Gasteiger partial charge in [-0.15, -0.1) is 0 Å². The lowest BCUT2D eigenvalue weighted by Gasteiger charge is -2.18. The summed E-state index contributed by atoms with van der Waals surface area (Å²) in [5.74, 6) is 1.11. The van der Waals surface area contributed by atoms with Gasteiger partial charge in [0, 0.05) is 24.9 Å². The van der Waals surface area contributed by atoms with E-state index in [1.54, 1.807) is 25.2 Å². The molecule has 0 bridgehead atoms. The van der Waals surface area contributed by atoms with Crippen LogP contribution in [-0.4, -0.2) is 34.8 Å². The number of carbonyl (C=O) groups is 2. The van der Waals surface area contributed by atoms with Crippen LogP contribution in [0.5, 0.6) is 11.5 Å². The van der Waals surface area contributed by atoms with Gasteiger partial charge in [-0.3, -0.25) is 14.3 Å². The number of benzene rings is 2. The predicted molar refractivity (Wildman–Crippen MR) is 107 cm³/mol. The van der Waals surface area contributed by atoms with Crippen LogP contribution in [0.25, 0.3) is 0 Å². The molecule has 2 N–H and O–H groups in total. The first-order valence-electron chi connectivity index (χ1n) is 9.17. The zero-order chi connectivity index (χ0) is 20.2. The van der Waals surface area contributed by atoms with Crippen LogP contribution in [0.15, 0.2) is 54.6 Å². The smallest absolute Gasteiger partial charge is 0.276 e. The minimum absolute atomic E-state index is 0.182. The predicted octanol–water partition coefficient (Wildman–Crippen LogP) is 2.62. The first kappa shape index (κ1) is 18.5. The number of nitrogens with one attached hydrogen (secondary N) is 2. The van der Waals surface area contributed by atoms with Gasteiger partial charge in [-0.25, -0.2) is 0 Å². The summed E-state index contributed by atoms with van der Waals surface area (Å²) in [5.41, 5.74) is 1.67. The Morgan fingerprint density at radius 2 is 1.76 bits per heavy atom. The molecule has 0 saturated carbocycles. The third-order valence-electron chi connectivity index (χ3n) is 4.39. The Labute approximate surface area is 167 Å². The lowest BCUT2D eigenvalue weighted by atomic mass is 10.1. The van der Waals surface area contributed by atoms with Crippen LogP contribution in [0.2, 0.25) is 0 Å². The van der Waals surface area contributed by atoms with Crippen LogP contribution in [-0.2, 0) is 18.3 Å². The van der Waals surface area contributed by atoms with E-state index in [1.165, 1.54) is 10.7 Å². The van der Waals surface area contributed by atoms with Crippen LogP contribution in [0.4, 0.5) is 11.5 Å². The van der Waals surface area contributed by atoms with Crippen LogP contribution < -0.4 is 20.1 Å². The molecule has 1 aliphatic heterocycles. The maximum Gasteiger partial charge on any atom is 0.276 e. The summed E-state index contributed by atoms with van der Waals surface area (Å²) in [6.45, 7) is 0.974. The van der Waals surface area contributed by atoms with Gasteiger partial charge in [0.25, 0.3) is 5.91 Å². The Hall–Kier alpha value is -3.81. The van der Waals surface area contributed by atoms with Gasteiger partial charge in [0.15, 0.2) is 17.2 Å². The molecule has 0 spiro atoms. The number of aromatic nitrogens is 2. The van der Waals surface area contributed by atoms with E-state index in [-0.39, 0.29) is 23.9 Å². The van der Waals surface area contributed by atoms with Crippen molar-refractivity contribution in [2.45, 2.75) is 6.42 Å². The van der Waals surface area contributed by atoms with Gasteiger partial charge in [-0.2, -0.15) is 5.10 Å². The summed E-state index contributed by atoms with van der Waals surface area (Å²) in [7, 11) is 1.67. The Kier molecular flexibility index (Phi) is 5.15. The second-order valence-corrected chi connectivity index (χ2v) is 6.56. The molecule has 4 rings (SSSR count). The number of aryl methyl sites for hydroxylation is 1. The Morgan fingerprint density at radius 3 is 2.55 bits per heavy atom. The van der Waals surface area contributed by atoms with Crippen LogP contribution in [0, 0.1) is 0 Å². The molecule has 0 unspecified atom stereocenters. The highest BCUT2D eigenvalue weighted by molar-refractivity contribution is 6.04. The molecule has 3 aromatic rings. The number of hydrogen-bond acceptors (Lipinski definition) is 5. The molecule has 8 nitrogen and oxygen atoms in total. The highest BCUT2D eigenvalue weighted by Gasteiger charge is 2.17. The van der Waals surface area contributed by atoms with Crippen LogP contribution in [0.3, 0.4) is 0 Å². The third kappa shape index (κ3) is 4.37. The quantitative estimate of drug-likeness (QED) is 0.696. The maximum absolute atomic E-state index is 12.6. The molecular weight excluding hydrogens is 372 g/mol. The van der Waals surface area contributed by atoms with Crippen molar-refractivity contribution in [3.05, 3.63) is 65.9 Å². The van der Waals surface area contributed by atoms with Gasteiger partial charge < -0.3 is 20.1 Å². The second-order valence-electron chi connectivity index (χ2n) is 6.56. The summed E-state index contributed by atoms with van der Waals surface area (Å²) in [4.78, 5) is 24.8. The minimum atomic E-state index is -0.388. The van der Waals surface area contributed by atoms with E-state index < -0.39 is 0 Å². The third-order valence-corrected chi connectivity index (χ3v) is 4.39. The van der Waals surface area contributed by atoms with Crippen molar-refractivity contribution in [1.29, 1.82) is 0 Å². The van der Waals surface area contributed by atoms with Gasteiger partial charge in [0.1, 0.15) is 19.0 Å². The molecule has 29 heavy (non-hydrogen) atoms. The van der Waals surface area contributed by atoms with Crippen LogP contribution in [0.1, 0.15) is 16.1 Å². The summed E-state index contributed by atoms with van der Waals surface area (Å²) >= 11 is 0. The molecule has 0 radical (unpaired) electrons. The van der Waals surface area contributed by atoms with E-state index in [9.17, 15) is 9.59 Å².